The largest absolute Gasteiger partial charge is 0.385 e. The van der Waals surface area contributed by atoms with Gasteiger partial charge in [-0.1, -0.05) is 37.1 Å². The van der Waals surface area contributed by atoms with Crippen LogP contribution in [-0.2, 0) is 6.42 Å². The zero-order valence-electron chi connectivity index (χ0n) is 25.7. The summed E-state index contributed by atoms with van der Waals surface area (Å²) in [5.41, 5.74) is 15.2. The summed E-state index contributed by atoms with van der Waals surface area (Å²) in [7, 11) is 0. The normalized spacial score (nSPS) is 15.1. The van der Waals surface area contributed by atoms with Crippen molar-refractivity contribution in [2.45, 2.75) is 70.4 Å². The quantitative estimate of drug-likeness (QED) is 0.0644. The van der Waals surface area contributed by atoms with Crippen LogP contribution in [0.2, 0.25) is 5.02 Å². The second kappa shape index (κ2) is 15.1. The monoisotopic (exact) mass is 637 g/mol. The first-order chi connectivity index (χ1) is 21.8. The summed E-state index contributed by atoms with van der Waals surface area (Å²) in [6.45, 7) is 2.59. The molecule has 1 aliphatic carbocycles. The fraction of sp³-hybridized carbons (Fsp3) is 0.441. The molecule has 8 nitrogen and oxygen atoms in total. The predicted octanol–water partition coefficient (Wildman–Crippen LogP) is 6.38. The van der Waals surface area contributed by atoms with Crippen LogP contribution in [0.15, 0.2) is 58.4 Å². The second-order valence-corrected chi connectivity index (χ2v) is 12.4. The van der Waals surface area contributed by atoms with Gasteiger partial charge in [-0.2, -0.15) is 4.98 Å². The summed E-state index contributed by atoms with van der Waals surface area (Å²) in [6.07, 6.45) is 9.42. The second-order valence-electron chi connectivity index (χ2n) is 12.0. The van der Waals surface area contributed by atoms with Gasteiger partial charge >= 0.3 is 5.69 Å². The molecule has 0 aliphatic heterocycles. The third-order valence-electron chi connectivity index (χ3n) is 8.45. The first-order valence-electron chi connectivity index (χ1n) is 15.8. The maximum atomic E-state index is 15.2. The number of hydrogen-bond donors (Lipinski definition) is 4. The van der Waals surface area contributed by atoms with E-state index in [1.165, 1.54) is 17.4 Å². The van der Waals surface area contributed by atoms with E-state index in [4.69, 9.17) is 23.1 Å². The molecule has 2 aromatic carbocycles. The Bertz CT molecular complexity index is 1680. The highest BCUT2D eigenvalue weighted by molar-refractivity contribution is 6.31. The number of H-pyrrole nitrogens is 1. The highest BCUT2D eigenvalue weighted by Crippen LogP contribution is 2.34. The lowest BCUT2D eigenvalue weighted by atomic mass is 10.00. The number of hydrogen-bond acceptors (Lipinski definition) is 5. The highest BCUT2D eigenvalue weighted by Gasteiger charge is 2.27. The van der Waals surface area contributed by atoms with E-state index in [-0.39, 0.29) is 22.9 Å². The van der Waals surface area contributed by atoms with Crippen molar-refractivity contribution in [1.82, 2.24) is 19.9 Å². The average Bonchev–Trinajstić information content (AvgIpc) is 3.81. The van der Waals surface area contributed by atoms with Crippen LogP contribution in [-0.4, -0.2) is 46.2 Å². The molecule has 2 unspecified atom stereocenters. The molecule has 0 amide bonds. The zero-order chi connectivity index (χ0) is 31.9. The molecule has 45 heavy (non-hydrogen) atoms. The Morgan fingerprint density at radius 2 is 1.98 bits per heavy atom. The Labute approximate surface area is 267 Å². The highest BCUT2D eigenvalue weighted by atomic mass is 35.5. The Morgan fingerprint density at radius 3 is 2.69 bits per heavy atom. The van der Waals surface area contributed by atoms with E-state index in [1.54, 1.807) is 18.3 Å². The van der Waals surface area contributed by atoms with Gasteiger partial charge in [0, 0.05) is 35.8 Å². The lowest BCUT2D eigenvalue weighted by molar-refractivity contribution is 0.489. The Balaban J connectivity index is 1.31. The van der Waals surface area contributed by atoms with Crippen molar-refractivity contribution >= 4 is 28.5 Å². The molecule has 5 rings (SSSR count). The van der Waals surface area contributed by atoms with Crippen molar-refractivity contribution in [3.05, 3.63) is 81.1 Å². The minimum absolute atomic E-state index is 0.0239. The minimum atomic E-state index is -0.729. The van der Waals surface area contributed by atoms with Crippen molar-refractivity contribution in [2.24, 2.45) is 22.4 Å². The number of halogens is 3. The summed E-state index contributed by atoms with van der Waals surface area (Å²) in [5, 5.41) is 4.28. The van der Waals surface area contributed by atoms with Crippen molar-refractivity contribution < 1.29 is 8.78 Å². The zero-order valence-corrected chi connectivity index (χ0v) is 26.4. The van der Waals surface area contributed by atoms with Crippen LogP contribution >= 0.6 is 11.6 Å². The third-order valence-corrected chi connectivity index (χ3v) is 8.72. The molecule has 0 saturated heterocycles. The number of benzene rings is 2. The van der Waals surface area contributed by atoms with Crippen LogP contribution in [0, 0.1) is 11.7 Å². The SMILES string of the molecule is CCCC(NCCCN=C(N)CF)c1ccc(-n2cc3cc(-c4cc(CCCC(N)C5CC5)cc(Cl)c4F)[nH]c3nc2=O)cc1. The molecule has 4 aromatic rings. The number of aromatic amines is 1. The van der Waals surface area contributed by atoms with Crippen molar-refractivity contribution in [3.8, 4) is 16.9 Å². The number of rotatable bonds is 16. The number of fused-ring (bicyclic) bond motifs is 1. The molecular formula is C34H42ClF2N7O. The van der Waals surface area contributed by atoms with Gasteiger partial charge in [0.25, 0.3) is 0 Å². The Morgan fingerprint density at radius 1 is 1.20 bits per heavy atom. The number of aryl methyl sites for hydroxylation is 1. The van der Waals surface area contributed by atoms with E-state index in [9.17, 15) is 9.18 Å². The number of nitrogens with one attached hydrogen (secondary N) is 2. The van der Waals surface area contributed by atoms with E-state index in [2.05, 4.69) is 27.2 Å². The summed E-state index contributed by atoms with van der Waals surface area (Å²) in [6, 6.07) is 13.4. The van der Waals surface area contributed by atoms with Crippen molar-refractivity contribution in [3.63, 3.8) is 0 Å². The van der Waals surface area contributed by atoms with Gasteiger partial charge in [0.05, 0.1) is 16.4 Å². The smallest absolute Gasteiger partial charge is 0.354 e. The molecule has 0 radical (unpaired) electrons. The molecule has 2 heterocycles. The average molecular weight is 638 g/mol. The molecule has 1 saturated carbocycles. The fourth-order valence-electron chi connectivity index (χ4n) is 5.77. The van der Waals surface area contributed by atoms with Crippen LogP contribution in [0.4, 0.5) is 8.78 Å². The minimum Gasteiger partial charge on any atom is -0.385 e. The standard InChI is InChI=1S/C34H42ClF2N7O/c1-2-5-29(40-14-4-15-41-31(39)19-36)23-10-12-25(13-11-23)44-20-24-18-30(42-33(24)43-34(44)45)26-16-21(17-27(35)32(26)37)6-3-7-28(38)22-8-9-22/h10-13,16-18,20,22,28-29,40H,2-9,14-15,19,38H2,1H3,(H2,39,41)(H,42,43,45). The number of aliphatic imine (C=N–C) groups is 1. The summed E-state index contributed by atoms with van der Waals surface area (Å²) in [4.78, 5) is 24.4. The molecule has 11 heteroatoms. The van der Waals surface area contributed by atoms with Crippen LogP contribution in [0.1, 0.15) is 69.0 Å². The number of alkyl halides is 1. The van der Waals surface area contributed by atoms with E-state index >= 15 is 4.39 Å². The van der Waals surface area contributed by atoms with Gasteiger partial charge < -0.3 is 21.8 Å². The first kappa shape index (κ1) is 32.8. The van der Waals surface area contributed by atoms with E-state index < -0.39 is 18.2 Å². The molecule has 240 valence electrons. The summed E-state index contributed by atoms with van der Waals surface area (Å²) < 4.78 is 29.2. The molecule has 6 N–H and O–H groups in total. The lowest BCUT2D eigenvalue weighted by Crippen LogP contribution is -2.24. The lowest BCUT2D eigenvalue weighted by Gasteiger charge is -2.19. The van der Waals surface area contributed by atoms with Gasteiger partial charge in [0.1, 0.15) is 18.2 Å². The molecule has 0 bridgehead atoms. The van der Waals surface area contributed by atoms with E-state index in [0.29, 0.717) is 47.0 Å². The van der Waals surface area contributed by atoms with Crippen molar-refractivity contribution in [1.29, 1.82) is 0 Å². The molecule has 0 spiro atoms. The molecule has 1 fully saturated rings. The van der Waals surface area contributed by atoms with Gasteiger partial charge in [-0.3, -0.25) is 9.56 Å². The van der Waals surface area contributed by atoms with Crippen LogP contribution < -0.4 is 22.5 Å². The predicted molar refractivity (Wildman–Crippen MR) is 178 cm³/mol. The van der Waals surface area contributed by atoms with Gasteiger partial charge in [-0.15, -0.1) is 0 Å². The number of amidine groups is 1. The Kier molecular flexibility index (Phi) is 11.0. The molecule has 2 aromatic heterocycles. The number of nitrogens with zero attached hydrogens (tertiary/aromatic N) is 3. The van der Waals surface area contributed by atoms with E-state index in [1.807, 2.05) is 30.3 Å². The third kappa shape index (κ3) is 8.36. The molecule has 1 aliphatic rings. The Hall–Kier alpha value is -3.60. The van der Waals surface area contributed by atoms with Gasteiger partial charge in [-0.25, -0.2) is 13.6 Å². The number of aromatic nitrogens is 3. The first-order valence-corrected chi connectivity index (χ1v) is 16.2. The number of nitrogens with two attached hydrogens (primary N) is 2. The molecular weight excluding hydrogens is 596 g/mol. The summed E-state index contributed by atoms with van der Waals surface area (Å²) >= 11 is 6.30. The fourth-order valence-corrected chi connectivity index (χ4v) is 6.02. The van der Waals surface area contributed by atoms with Gasteiger partial charge in [0.2, 0.25) is 0 Å². The summed E-state index contributed by atoms with van der Waals surface area (Å²) in [5.74, 6) is 0.158. The topological polar surface area (TPSA) is 127 Å². The molecule has 2 atom stereocenters. The van der Waals surface area contributed by atoms with Gasteiger partial charge in [-0.05, 0) is 98.9 Å². The van der Waals surface area contributed by atoms with Crippen LogP contribution in [0.25, 0.3) is 28.0 Å². The van der Waals surface area contributed by atoms with E-state index in [0.717, 1.165) is 49.7 Å². The van der Waals surface area contributed by atoms with Gasteiger partial charge in [0.15, 0.2) is 5.82 Å². The van der Waals surface area contributed by atoms with Crippen LogP contribution in [0.3, 0.4) is 0 Å². The van der Waals surface area contributed by atoms with Crippen molar-refractivity contribution in [2.75, 3.05) is 19.8 Å². The van der Waals surface area contributed by atoms with Crippen LogP contribution in [0.5, 0.6) is 0 Å². The maximum absolute atomic E-state index is 15.2. The maximum Gasteiger partial charge on any atom is 0.354 e.